The number of aromatic nitrogens is 2. The Morgan fingerprint density at radius 1 is 0.759 bits per heavy atom. The highest BCUT2D eigenvalue weighted by molar-refractivity contribution is 5.51. The normalized spacial score (nSPS) is 11.4. The number of aliphatic hydroxyl groups is 1. The third-order valence-electron chi connectivity index (χ3n) is 5.32. The predicted octanol–water partition coefficient (Wildman–Crippen LogP) is 4.15. The molecule has 1 N–H and O–H groups in total. The molecule has 0 saturated heterocycles. The van der Waals surface area contributed by atoms with Crippen LogP contribution in [0.5, 0.6) is 0 Å². The summed E-state index contributed by atoms with van der Waals surface area (Å²) >= 11 is 0. The van der Waals surface area contributed by atoms with Gasteiger partial charge in [-0.3, -0.25) is 4.68 Å². The van der Waals surface area contributed by atoms with Crippen molar-refractivity contribution in [3.8, 4) is 0 Å². The van der Waals surface area contributed by atoms with Crippen molar-refractivity contribution >= 4 is 5.82 Å². The number of rotatable bonds is 7. The maximum Gasteiger partial charge on any atom is 0.150 e. The highest BCUT2D eigenvalue weighted by atomic mass is 16.3. The van der Waals surface area contributed by atoms with Crippen molar-refractivity contribution in [2.24, 2.45) is 0 Å². The summed E-state index contributed by atoms with van der Waals surface area (Å²) in [5.74, 6) is 0.825. The quantitative estimate of drug-likeness (QED) is 0.488. The van der Waals surface area contributed by atoms with Crippen LogP contribution in [0.4, 0.5) is 5.82 Å². The van der Waals surface area contributed by atoms with Gasteiger partial charge in [0, 0.05) is 25.9 Å². The molecule has 0 saturated carbocycles. The van der Waals surface area contributed by atoms with E-state index in [2.05, 4.69) is 72.8 Å². The first-order valence-corrected chi connectivity index (χ1v) is 9.81. The molecule has 0 atom stereocenters. The zero-order valence-electron chi connectivity index (χ0n) is 16.5. The van der Waals surface area contributed by atoms with E-state index in [4.69, 9.17) is 5.10 Å². The molecule has 0 spiro atoms. The standard InChI is InChI=1S/C25H25N3O/c1-27(19-20-29)24-17-18-28(26-24)25(21-11-5-2-6-12-21,22-13-7-3-8-14-22)23-15-9-4-10-16-23/h2-18,29H,19-20H2,1H3. The summed E-state index contributed by atoms with van der Waals surface area (Å²) in [6.45, 7) is 0.622. The second-order valence-electron chi connectivity index (χ2n) is 7.07. The highest BCUT2D eigenvalue weighted by Gasteiger charge is 2.39. The van der Waals surface area contributed by atoms with Gasteiger partial charge in [0.25, 0.3) is 0 Å². The van der Waals surface area contributed by atoms with Gasteiger partial charge in [0.1, 0.15) is 11.4 Å². The van der Waals surface area contributed by atoms with E-state index < -0.39 is 5.54 Å². The molecular weight excluding hydrogens is 358 g/mol. The summed E-state index contributed by atoms with van der Waals surface area (Å²) in [6, 6.07) is 33.4. The Labute approximate surface area is 171 Å². The van der Waals surface area contributed by atoms with E-state index in [-0.39, 0.29) is 6.61 Å². The van der Waals surface area contributed by atoms with Crippen LogP contribution in [0.15, 0.2) is 103 Å². The third-order valence-corrected chi connectivity index (χ3v) is 5.32. The minimum Gasteiger partial charge on any atom is -0.395 e. The molecule has 146 valence electrons. The molecule has 4 heteroatoms. The monoisotopic (exact) mass is 383 g/mol. The maximum absolute atomic E-state index is 9.32. The molecule has 29 heavy (non-hydrogen) atoms. The molecule has 4 nitrogen and oxygen atoms in total. The van der Waals surface area contributed by atoms with Crippen molar-refractivity contribution in [2.75, 3.05) is 25.1 Å². The first-order chi connectivity index (χ1) is 14.3. The van der Waals surface area contributed by atoms with Crippen LogP contribution in [0, 0.1) is 0 Å². The van der Waals surface area contributed by atoms with Crippen molar-refractivity contribution in [2.45, 2.75) is 5.54 Å². The van der Waals surface area contributed by atoms with E-state index in [0.29, 0.717) is 6.54 Å². The van der Waals surface area contributed by atoms with E-state index in [9.17, 15) is 5.11 Å². The number of hydrogen-bond acceptors (Lipinski definition) is 3. The molecule has 0 radical (unpaired) electrons. The Balaban J connectivity index is 2.01. The molecule has 0 aliphatic heterocycles. The van der Waals surface area contributed by atoms with E-state index in [1.807, 2.05) is 47.1 Å². The Morgan fingerprint density at radius 3 is 1.62 bits per heavy atom. The molecule has 0 bridgehead atoms. The molecule has 0 amide bonds. The van der Waals surface area contributed by atoms with Gasteiger partial charge in [0.15, 0.2) is 0 Å². The van der Waals surface area contributed by atoms with E-state index >= 15 is 0 Å². The van der Waals surface area contributed by atoms with Crippen LogP contribution in [-0.4, -0.2) is 35.1 Å². The van der Waals surface area contributed by atoms with Crippen molar-refractivity contribution in [3.05, 3.63) is 120 Å². The van der Waals surface area contributed by atoms with E-state index in [0.717, 1.165) is 22.5 Å². The van der Waals surface area contributed by atoms with Crippen LogP contribution < -0.4 is 4.90 Å². The summed E-state index contributed by atoms with van der Waals surface area (Å²) < 4.78 is 2.04. The van der Waals surface area contributed by atoms with Crippen molar-refractivity contribution in [3.63, 3.8) is 0 Å². The van der Waals surface area contributed by atoms with Gasteiger partial charge >= 0.3 is 0 Å². The zero-order chi connectivity index (χ0) is 20.1. The van der Waals surface area contributed by atoms with Crippen LogP contribution in [0.2, 0.25) is 0 Å². The number of nitrogens with zero attached hydrogens (tertiary/aromatic N) is 3. The van der Waals surface area contributed by atoms with Crippen molar-refractivity contribution in [1.82, 2.24) is 9.78 Å². The maximum atomic E-state index is 9.32. The fourth-order valence-electron chi connectivity index (χ4n) is 3.90. The summed E-state index contributed by atoms with van der Waals surface area (Å²) in [4.78, 5) is 1.96. The molecule has 4 aromatic rings. The molecule has 1 aromatic heterocycles. The first-order valence-electron chi connectivity index (χ1n) is 9.81. The van der Waals surface area contributed by atoms with Gasteiger partial charge in [0.2, 0.25) is 0 Å². The largest absolute Gasteiger partial charge is 0.395 e. The number of hydrogen-bond donors (Lipinski definition) is 1. The fraction of sp³-hybridized carbons (Fsp3) is 0.160. The van der Waals surface area contributed by atoms with Gasteiger partial charge in [-0.25, -0.2) is 0 Å². The molecule has 0 aliphatic rings. The van der Waals surface area contributed by atoms with Gasteiger partial charge in [-0.2, -0.15) is 5.10 Å². The second kappa shape index (κ2) is 8.33. The minimum absolute atomic E-state index is 0.0879. The molecule has 3 aromatic carbocycles. The van der Waals surface area contributed by atoms with E-state index in [1.54, 1.807) is 0 Å². The number of anilines is 1. The molecular formula is C25H25N3O. The molecule has 4 rings (SSSR count). The Bertz CT molecular complexity index is 933. The minimum atomic E-state index is -0.609. The Kier molecular flexibility index (Phi) is 5.45. The van der Waals surface area contributed by atoms with Gasteiger partial charge in [0.05, 0.1) is 6.61 Å². The lowest BCUT2D eigenvalue weighted by Crippen LogP contribution is -2.38. The fourth-order valence-corrected chi connectivity index (χ4v) is 3.90. The summed E-state index contributed by atoms with van der Waals surface area (Å²) in [5, 5.41) is 14.3. The summed E-state index contributed by atoms with van der Waals surface area (Å²) in [6.07, 6.45) is 2.02. The lowest BCUT2D eigenvalue weighted by Gasteiger charge is -2.36. The van der Waals surface area contributed by atoms with Crippen LogP contribution in [-0.2, 0) is 5.54 Å². The Hall–Kier alpha value is -3.37. The summed E-state index contributed by atoms with van der Waals surface area (Å²) in [5.41, 5.74) is 2.80. The first kappa shape index (κ1) is 19.0. The van der Waals surface area contributed by atoms with Crippen molar-refractivity contribution < 1.29 is 5.11 Å². The van der Waals surface area contributed by atoms with Gasteiger partial charge in [-0.05, 0) is 16.7 Å². The summed E-state index contributed by atoms with van der Waals surface area (Å²) in [7, 11) is 1.94. The molecule has 0 fully saturated rings. The smallest absolute Gasteiger partial charge is 0.150 e. The van der Waals surface area contributed by atoms with Crippen LogP contribution in [0.25, 0.3) is 0 Å². The van der Waals surface area contributed by atoms with Crippen LogP contribution in [0.3, 0.4) is 0 Å². The van der Waals surface area contributed by atoms with Gasteiger partial charge in [-0.15, -0.1) is 0 Å². The van der Waals surface area contributed by atoms with Gasteiger partial charge < -0.3 is 10.0 Å². The predicted molar refractivity (Wildman–Crippen MR) is 117 cm³/mol. The average Bonchev–Trinajstić information content (AvgIpc) is 3.27. The molecule has 0 aliphatic carbocycles. The van der Waals surface area contributed by atoms with Crippen molar-refractivity contribution in [1.29, 1.82) is 0 Å². The average molecular weight is 383 g/mol. The molecule has 0 unspecified atom stereocenters. The lowest BCUT2D eigenvalue weighted by atomic mass is 9.77. The second-order valence-corrected chi connectivity index (χ2v) is 7.07. The number of likely N-dealkylation sites (N-methyl/N-ethyl adjacent to an activating group) is 1. The lowest BCUT2D eigenvalue weighted by molar-refractivity contribution is 0.303. The number of benzene rings is 3. The van der Waals surface area contributed by atoms with Gasteiger partial charge in [-0.1, -0.05) is 91.0 Å². The Morgan fingerprint density at radius 2 is 1.21 bits per heavy atom. The highest BCUT2D eigenvalue weighted by Crippen LogP contribution is 2.40. The number of aliphatic hydroxyl groups excluding tert-OH is 1. The zero-order valence-corrected chi connectivity index (χ0v) is 16.5. The topological polar surface area (TPSA) is 41.3 Å². The molecule has 1 heterocycles. The van der Waals surface area contributed by atoms with E-state index in [1.165, 1.54) is 0 Å². The SMILES string of the molecule is CN(CCO)c1ccn(C(c2ccccc2)(c2ccccc2)c2ccccc2)n1. The van der Waals surface area contributed by atoms with Crippen LogP contribution in [0.1, 0.15) is 16.7 Å². The van der Waals surface area contributed by atoms with Crippen LogP contribution >= 0.6 is 0 Å². The third kappa shape index (κ3) is 3.43.